The molecule has 2 fully saturated rings. The molecule has 1 saturated heterocycles. The van der Waals surface area contributed by atoms with Crippen molar-refractivity contribution in [1.29, 1.82) is 0 Å². The van der Waals surface area contributed by atoms with Crippen LogP contribution in [0.15, 0.2) is 48.8 Å². The molecular weight excluding hydrogens is 453 g/mol. The van der Waals surface area contributed by atoms with Crippen molar-refractivity contribution >= 4 is 16.8 Å². The van der Waals surface area contributed by atoms with Gasteiger partial charge in [0, 0.05) is 35.9 Å². The Morgan fingerprint density at radius 3 is 2.54 bits per heavy atom. The molecule has 0 spiro atoms. The van der Waals surface area contributed by atoms with E-state index in [0.29, 0.717) is 27.9 Å². The number of hydrogen-bond donors (Lipinski definition) is 1. The topological polar surface area (TPSA) is 58.1 Å². The van der Waals surface area contributed by atoms with Gasteiger partial charge in [0.2, 0.25) is 0 Å². The molecule has 5 rings (SSSR count). The molecule has 8 heteroatoms. The molecule has 2 aromatic heterocycles. The summed E-state index contributed by atoms with van der Waals surface area (Å²) in [5, 5.41) is 3.79. The van der Waals surface area contributed by atoms with Crippen LogP contribution >= 0.6 is 0 Å². The average Bonchev–Trinajstić information content (AvgIpc) is 3.37. The Balaban J connectivity index is 1.30. The highest BCUT2D eigenvalue weighted by Crippen LogP contribution is 2.34. The molecule has 3 heterocycles. The third-order valence-electron chi connectivity index (χ3n) is 7.23. The van der Waals surface area contributed by atoms with E-state index in [-0.39, 0.29) is 17.6 Å². The first-order valence-electron chi connectivity index (χ1n) is 12.3. The lowest BCUT2D eigenvalue weighted by molar-refractivity contribution is -0.137. The number of amides is 1. The third-order valence-corrected chi connectivity index (χ3v) is 7.23. The largest absolute Gasteiger partial charge is 0.416 e. The number of hydrogen-bond acceptors (Lipinski definition) is 4. The van der Waals surface area contributed by atoms with Crippen LogP contribution in [0.5, 0.6) is 0 Å². The fourth-order valence-electron chi connectivity index (χ4n) is 5.32. The summed E-state index contributed by atoms with van der Waals surface area (Å²) >= 11 is 0. The van der Waals surface area contributed by atoms with E-state index < -0.39 is 11.7 Å². The molecular formula is C27H29F3N4O. The van der Waals surface area contributed by atoms with Gasteiger partial charge < -0.3 is 10.2 Å². The minimum absolute atomic E-state index is 0.121. The van der Waals surface area contributed by atoms with Crippen molar-refractivity contribution in [2.45, 2.75) is 50.7 Å². The van der Waals surface area contributed by atoms with E-state index in [2.05, 4.69) is 20.2 Å². The van der Waals surface area contributed by atoms with Gasteiger partial charge in [0.1, 0.15) is 5.69 Å². The average molecular weight is 483 g/mol. The van der Waals surface area contributed by atoms with Crippen LogP contribution in [0.2, 0.25) is 0 Å². The van der Waals surface area contributed by atoms with Gasteiger partial charge in [-0.25, -0.2) is 4.98 Å². The van der Waals surface area contributed by atoms with Gasteiger partial charge in [0.15, 0.2) is 0 Å². The second kappa shape index (κ2) is 9.93. The number of halogens is 3. The predicted octanol–water partition coefficient (Wildman–Crippen LogP) is 5.70. The maximum atomic E-state index is 13.2. The SMILES string of the molecule is O=C(N[C@H]1CC[C@H](CN2CCCC2)CC1)c1ccc2cncc(-c3cccc(C(F)(F)F)c3)c2n1. The van der Waals surface area contributed by atoms with Crippen molar-refractivity contribution in [2.24, 2.45) is 5.92 Å². The lowest BCUT2D eigenvalue weighted by Crippen LogP contribution is -2.39. The molecule has 1 aliphatic carbocycles. The summed E-state index contributed by atoms with van der Waals surface area (Å²) in [6, 6.07) is 8.60. The number of aromatic nitrogens is 2. The zero-order chi connectivity index (χ0) is 24.4. The number of carbonyl (C=O) groups is 1. The summed E-state index contributed by atoms with van der Waals surface area (Å²) in [6.07, 6.45) is 5.38. The number of nitrogens with zero attached hydrogens (tertiary/aromatic N) is 3. The molecule has 0 atom stereocenters. The maximum Gasteiger partial charge on any atom is 0.416 e. The second-order valence-electron chi connectivity index (χ2n) is 9.73. The first-order chi connectivity index (χ1) is 16.9. The summed E-state index contributed by atoms with van der Waals surface area (Å²) in [7, 11) is 0. The maximum absolute atomic E-state index is 13.2. The molecule has 1 amide bonds. The van der Waals surface area contributed by atoms with E-state index in [9.17, 15) is 18.0 Å². The van der Waals surface area contributed by atoms with Gasteiger partial charge in [-0.1, -0.05) is 12.1 Å². The monoisotopic (exact) mass is 482 g/mol. The van der Waals surface area contributed by atoms with Gasteiger partial charge in [0.05, 0.1) is 11.1 Å². The molecule has 1 saturated carbocycles. The van der Waals surface area contributed by atoms with Crippen LogP contribution in [0.25, 0.3) is 22.0 Å². The summed E-state index contributed by atoms with van der Waals surface area (Å²) in [4.78, 5) is 24.3. The van der Waals surface area contributed by atoms with Crippen LogP contribution in [-0.4, -0.2) is 46.5 Å². The first kappa shape index (κ1) is 23.7. The van der Waals surface area contributed by atoms with Gasteiger partial charge in [-0.05, 0) is 87.4 Å². The summed E-state index contributed by atoms with van der Waals surface area (Å²) in [6.45, 7) is 3.59. The second-order valence-corrected chi connectivity index (χ2v) is 9.73. The first-order valence-corrected chi connectivity index (χ1v) is 12.3. The number of pyridine rings is 2. The van der Waals surface area contributed by atoms with E-state index in [4.69, 9.17) is 0 Å². The van der Waals surface area contributed by atoms with E-state index in [0.717, 1.165) is 37.8 Å². The molecule has 0 unspecified atom stereocenters. The van der Waals surface area contributed by atoms with Crippen molar-refractivity contribution < 1.29 is 18.0 Å². The van der Waals surface area contributed by atoms with Gasteiger partial charge in [0.25, 0.3) is 5.91 Å². The molecule has 3 aromatic rings. The van der Waals surface area contributed by atoms with Crippen LogP contribution in [0.4, 0.5) is 13.2 Å². The standard InChI is InChI=1S/C27H29F3N4O/c28-27(29,30)21-5-3-4-19(14-21)23-16-31-15-20-8-11-24(33-25(20)23)26(35)32-22-9-6-18(7-10-22)17-34-12-1-2-13-34/h3-5,8,11,14-16,18,22H,1-2,6-7,9-10,12-13,17H2,(H,32,35)/t18-,22-. The Morgan fingerprint density at radius 2 is 1.80 bits per heavy atom. The molecule has 5 nitrogen and oxygen atoms in total. The van der Waals surface area contributed by atoms with Gasteiger partial charge in [-0.3, -0.25) is 9.78 Å². The summed E-state index contributed by atoms with van der Waals surface area (Å²) in [5.41, 5.74) is 0.809. The van der Waals surface area contributed by atoms with E-state index in [1.807, 2.05) is 0 Å². The normalized spacial score (nSPS) is 21.3. The van der Waals surface area contributed by atoms with Crippen LogP contribution < -0.4 is 5.32 Å². The van der Waals surface area contributed by atoms with E-state index >= 15 is 0 Å². The van der Waals surface area contributed by atoms with Crippen LogP contribution in [0.1, 0.15) is 54.6 Å². The van der Waals surface area contributed by atoms with Gasteiger partial charge >= 0.3 is 6.18 Å². The fraction of sp³-hybridized carbons (Fsp3) is 0.444. The van der Waals surface area contributed by atoms with Gasteiger partial charge in [-0.2, -0.15) is 13.2 Å². The number of alkyl halides is 3. The Hall–Kier alpha value is -3.00. The Labute approximate surface area is 202 Å². The molecule has 1 aromatic carbocycles. The zero-order valence-corrected chi connectivity index (χ0v) is 19.5. The van der Waals surface area contributed by atoms with Crippen molar-refractivity contribution in [2.75, 3.05) is 19.6 Å². The van der Waals surface area contributed by atoms with E-state index in [1.165, 1.54) is 44.7 Å². The smallest absolute Gasteiger partial charge is 0.348 e. The highest BCUT2D eigenvalue weighted by Gasteiger charge is 2.31. The van der Waals surface area contributed by atoms with Crippen molar-refractivity contribution in [1.82, 2.24) is 20.2 Å². The molecule has 35 heavy (non-hydrogen) atoms. The van der Waals surface area contributed by atoms with Crippen molar-refractivity contribution in [3.8, 4) is 11.1 Å². The highest BCUT2D eigenvalue weighted by atomic mass is 19.4. The summed E-state index contributed by atoms with van der Waals surface area (Å²) in [5.74, 6) is 0.448. The molecule has 0 radical (unpaired) electrons. The highest BCUT2D eigenvalue weighted by molar-refractivity contribution is 5.98. The third kappa shape index (κ3) is 5.48. The van der Waals surface area contributed by atoms with E-state index in [1.54, 1.807) is 24.4 Å². The minimum Gasteiger partial charge on any atom is -0.348 e. The lowest BCUT2D eigenvalue weighted by Gasteiger charge is -2.31. The number of carbonyl (C=O) groups excluding carboxylic acids is 1. The minimum atomic E-state index is -4.44. The Kier molecular flexibility index (Phi) is 6.73. The van der Waals surface area contributed by atoms with Crippen LogP contribution in [-0.2, 0) is 6.18 Å². The van der Waals surface area contributed by atoms with Crippen LogP contribution in [0.3, 0.4) is 0 Å². The van der Waals surface area contributed by atoms with Gasteiger partial charge in [-0.15, -0.1) is 0 Å². The van der Waals surface area contributed by atoms with Crippen LogP contribution in [0, 0.1) is 5.92 Å². The number of rotatable bonds is 5. The zero-order valence-electron chi connectivity index (χ0n) is 19.5. The number of nitrogens with one attached hydrogen (secondary N) is 1. The molecule has 0 bridgehead atoms. The number of likely N-dealkylation sites (tertiary alicyclic amines) is 1. The van der Waals surface area contributed by atoms with Crippen molar-refractivity contribution in [3.05, 3.63) is 60.0 Å². The quantitative estimate of drug-likeness (QED) is 0.507. The number of benzene rings is 1. The molecule has 184 valence electrons. The Morgan fingerprint density at radius 1 is 1.03 bits per heavy atom. The number of fused-ring (bicyclic) bond motifs is 1. The summed E-state index contributed by atoms with van der Waals surface area (Å²) < 4.78 is 39.7. The molecule has 1 aliphatic heterocycles. The molecule has 2 aliphatic rings. The lowest BCUT2D eigenvalue weighted by atomic mass is 9.85. The fourth-order valence-corrected chi connectivity index (χ4v) is 5.32. The predicted molar refractivity (Wildman–Crippen MR) is 129 cm³/mol. The van der Waals surface area contributed by atoms with Crippen molar-refractivity contribution in [3.63, 3.8) is 0 Å². The Bertz CT molecular complexity index is 1200. The molecule has 1 N–H and O–H groups in total.